The molecule has 3 heteroatoms. The molecule has 0 spiro atoms. The maximum Gasteiger partial charge on any atom is 0.113 e. The Morgan fingerprint density at radius 3 is 3.00 bits per heavy atom. The first-order chi connectivity index (χ1) is 5.43. The summed E-state index contributed by atoms with van der Waals surface area (Å²) < 4.78 is 16.7. The van der Waals surface area contributed by atoms with Crippen molar-refractivity contribution in [1.82, 2.24) is 5.32 Å². The van der Waals surface area contributed by atoms with Gasteiger partial charge in [0.05, 0.1) is 13.2 Å². The van der Waals surface area contributed by atoms with Crippen LogP contribution in [-0.4, -0.2) is 32.5 Å². The summed E-state index contributed by atoms with van der Waals surface area (Å²) in [5.74, 6) is 0. The molecule has 66 valence electrons. The van der Waals surface area contributed by atoms with Crippen molar-refractivity contribution in [2.75, 3.05) is 26.4 Å². The number of piperidine rings is 1. The first kappa shape index (κ1) is 8.94. The van der Waals surface area contributed by atoms with Gasteiger partial charge in [0.25, 0.3) is 0 Å². The molecule has 11 heavy (non-hydrogen) atoms. The maximum absolute atomic E-state index is 11.6. The van der Waals surface area contributed by atoms with Crippen LogP contribution in [-0.2, 0) is 4.74 Å². The standard InChI is InChI=1S/C8H16FNO/c9-4-6-11-7-8-3-1-2-5-10-8/h8,10H,1-7H2. The molecule has 1 fully saturated rings. The number of rotatable bonds is 4. The minimum Gasteiger partial charge on any atom is -0.377 e. The summed E-state index contributed by atoms with van der Waals surface area (Å²) in [5, 5.41) is 3.33. The fourth-order valence-electron chi connectivity index (χ4n) is 1.35. The maximum atomic E-state index is 11.6. The highest BCUT2D eigenvalue weighted by Gasteiger charge is 2.11. The fraction of sp³-hybridized carbons (Fsp3) is 1.00. The predicted octanol–water partition coefficient (Wildman–Crippen LogP) is 1.11. The van der Waals surface area contributed by atoms with Crippen LogP contribution >= 0.6 is 0 Å². The monoisotopic (exact) mass is 161 g/mol. The van der Waals surface area contributed by atoms with Gasteiger partial charge in [-0.15, -0.1) is 0 Å². The van der Waals surface area contributed by atoms with E-state index >= 15 is 0 Å². The van der Waals surface area contributed by atoms with Gasteiger partial charge in [-0.2, -0.15) is 0 Å². The van der Waals surface area contributed by atoms with Crippen molar-refractivity contribution in [3.63, 3.8) is 0 Å². The Balaban J connectivity index is 1.96. The lowest BCUT2D eigenvalue weighted by Crippen LogP contribution is -2.37. The number of halogens is 1. The smallest absolute Gasteiger partial charge is 0.113 e. The van der Waals surface area contributed by atoms with Crippen molar-refractivity contribution < 1.29 is 9.13 Å². The van der Waals surface area contributed by atoms with E-state index in [4.69, 9.17) is 4.74 Å². The third kappa shape index (κ3) is 3.68. The number of ether oxygens (including phenoxy) is 1. The summed E-state index contributed by atoms with van der Waals surface area (Å²) in [6.45, 7) is 1.64. The minimum absolute atomic E-state index is 0.248. The van der Waals surface area contributed by atoms with E-state index in [0.717, 1.165) is 6.54 Å². The largest absolute Gasteiger partial charge is 0.377 e. The van der Waals surface area contributed by atoms with E-state index in [1.807, 2.05) is 0 Å². The number of nitrogens with one attached hydrogen (secondary N) is 1. The van der Waals surface area contributed by atoms with Crippen LogP contribution in [0.1, 0.15) is 19.3 Å². The summed E-state index contributed by atoms with van der Waals surface area (Å²) in [6.07, 6.45) is 3.71. The molecule has 0 radical (unpaired) electrons. The molecule has 1 heterocycles. The van der Waals surface area contributed by atoms with Crippen molar-refractivity contribution in [3.8, 4) is 0 Å². The molecule has 0 amide bonds. The molecule has 0 bridgehead atoms. The molecular formula is C8H16FNO. The zero-order valence-corrected chi connectivity index (χ0v) is 6.81. The third-order valence-corrected chi connectivity index (χ3v) is 1.95. The zero-order chi connectivity index (χ0) is 7.94. The van der Waals surface area contributed by atoms with E-state index in [0.29, 0.717) is 12.6 Å². The summed E-state index contributed by atoms with van der Waals surface area (Å²) in [5.41, 5.74) is 0. The van der Waals surface area contributed by atoms with E-state index in [9.17, 15) is 4.39 Å². The SMILES string of the molecule is FCCOCC1CCCCN1. The van der Waals surface area contributed by atoms with Gasteiger partial charge in [0, 0.05) is 6.04 Å². The zero-order valence-electron chi connectivity index (χ0n) is 6.81. The predicted molar refractivity (Wildman–Crippen MR) is 42.4 cm³/mol. The quantitative estimate of drug-likeness (QED) is 0.624. The van der Waals surface area contributed by atoms with E-state index in [1.54, 1.807) is 0 Å². The highest BCUT2D eigenvalue weighted by molar-refractivity contribution is 4.70. The van der Waals surface area contributed by atoms with Gasteiger partial charge in [-0.05, 0) is 19.4 Å². The van der Waals surface area contributed by atoms with Gasteiger partial charge in [-0.1, -0.05) is 6.42 Å². The average molecular weight is 161 g/mol. The van der Waals surface area contributed by atoms with Gasteiger partial charge in [-0.25, -0.2) is 4.39 Å². The Kier molecular flexibility index (Phi) is 4.47. The molecular weight excluding hydrogens is 145 g/mol. The molecule has 1 unspecified atom stereocenters. The normalized spacial score (nSPS) is 25.4. The fourth-order valence-corrected chi connectivity index (χ4v) is 1.35. The Labute approximate surface area is 67.1 Å². The van der Waals surface area contributed by atoms with Crippen LogP contribution in [0.4, 0.5) is 4.39 Å². The summed E-state index contributed by atoms with van der Waals surface area (Å²) >= 11 is 0. The Bertz CT molecular complexity index is 94.1. The lowest BCUT2D eigenvalue weighted by atomic mass is 10.1. The molecule has 1 saturated heterocycles. The highest BCUT2D eigenvalue weighted by Crippen LogP contribution is 2.06. The van der Waals surface area contributed by atoms with Crippen molar-refractivity contribution in [1.29, 1.82) is 0 Å². The van der Waals surface area contributed by atoms with Crippen molar-refractivity contribution >= 4 is 0 Å². The summed E-state index contributed by atoms with van der Waals surface area (Å²) in [4.78, 5) is 0. The van der Waals surface area contributed by atoms with Crippen molar-refractivity contribution in [2.24, 2.45) is 0 Å². The summed E-state index contributed by atoms with van der Waals surface area (Å²) in [6, 6.07) is 0.468. The highest BCUT2D eigenvalue weighted by atomic mass is 19.1. The van der Waals surface area contributed by atoms with E-state index in [-0.39, 0.29) is 13.3 Å². The van der Waals surface area contributed by atoms with Gasteiger partial charge in [0.2, 0.25) is 0 Å². The Morgan fingerprint density at radius 2 is 2.36 bits per heavy atom. The first-order valence-corrected chi connectivity index (χ1v) is 4.30. The van der Waals surface area contributed by atoms with Gasteiger partial charge in [-0.3, -0.25) is 0 Å². The average Bonchev–Trinajstić information content (AvgIpc) is 2.07. The van der Waals surface area contributed by atoms with E-state index in [1.165, 1.54) is 19.3 Å². The molecule has 2 nitrogen and oxygen atoms in total. The topological polar surface area (TPSA) is 21.3 Å². The Hall–Kier alpha value is -0.150. The van der Waals surface area contributed by atoms with Crippen LogP contribution in [0.15, 0.2) is 0 Å². The van der Waals surface area contributed by atoms with Crippen LogP contribution in [0.25, 0.3) is 0 Å². The lowest BCUT2D eigenvalue weighted by Gasteiger charge is -2.22. The van der Waals surface area contributed by atoms with Crippen LogP contribution in [0.5, 0.6) is 0 Å². The molecule has 1 rings (SSSR count). The van der Waals surface area contributed by atoms with Crippen molar-refractivity contribution in [2.45, 2.75) is 25.3 Å². The number of hydrogen-bond acceptors (Lipinski definition) is 2. The van der Waals surface area contributed by atoms with E-state index < -0.39 is 0 Å². The molecule has 0 aliphatic carbocycles. The number of hydrogen-bond donors (Lipinski definition) is 1. The second-order valence-corrected chi connectivity index (χ2v) is 2.91. The molecule has 0 aromatic carbocycles. The molecule has 1 aliphatic rings. The molecule has 1 aliphatic heterocycles. The molecule has 0 aromatic rings. The van der Waals surface area contributed by atoms with Gasteiger partial charge in [0.15, 0.2) is 0 Å². The van der Waals surface area contributed by atoms with Gasteiger partial charge >= 0.3 is 0 Å². The second kappa shape index (κ2) is 5.49. The van der Waals surface area contributed by atoms with Crippen LogP contribution in [0.2, 0.25) is 0 Å². The Morgan fingerprint density at radius 1 is 1.45 bits per heavy atom. The van der Waals surface area contributed by atoms with Gasteiger partial charge < -0.3 is 10.1 Å². The summed E-state index contributed by atoms with van der Waals surface area (Å²) in [7, 11) is 0. The van der Waals surface area contributed by atoms with E-state index in [2.05, 4.69) is 5.32 Å². The molecule has 0 saturated carbocycles. The third-order valence-electron chi connectivity index (χ3n) is 1.95. The van der Waals surface area contributed by atoms with Gasteiger partial charge in [0.1, 0.15) is 6.67 Å². The second-order valence-electron chi connectivity index (χ2n) is 2.91. The number of alkyl halides is 1. The van der Waals surface area contributed by atoms with Crippen molar-refractivity contribution in [3.05, 3.63) is 0 Å². The van der Waals surface area contributed by atoms with Crippen LogP contribution < -0.4 is 5.32 Å². The minimum atomic E-state index is -0.368. The van der Waals surface area contributed by atoms with Crippen LogP contribution in [0, 0.1) is 0 Å². The molecule has 0 aromatic heterocycles. The lowest BCUT2D eigenvalue weighted by molar-refractivity contribution is 0.0918. The molecule has 1 atom stereocenters. The van der Waals surface area contributed by atoms with Crippen LogP contribution in [0.3, 0.4) is 0 Å². The molecule has 1 N–H and O–H groups in total. The first-order valence-electron chi connectivity index (χ1n) is 4.30.